The predicted molar refractivity (Wildman–Crippen MR) is 142 cm³/mol. The third-order valence-corrected chi connectivity index (χ3v) is 6.38. The number of hydrogen-bond donors (Lipinski definition) is 2. The summed E-state index contributed by atoms with van der Waals surface area (Å²) in [5.41, 5.74) is 2.14. The lowest BCUT2D eigenvalue weighted by Crippen LogP contribution is -2.38. The fourth-order valence-electron chi connectivity index (χ4n) is 4.39. The van der Waals surface area contributed by atoms with Crippen LogP contribution in [-0.2, 0) is 16.5 Å². The van der Waals surface area contributed by atoms with Gasteiger partial charge < -0.3 is 24.8 Å². The van der Waals surface area contributed by atoms with Gasteiger partial charge in [-0.2, -0.15) is 5.10 Å². The zero-order chi connectivity index (χ0) is 27.5. The molecule has 0 saturated carbocycles. The van der Waals surface area contributed by atoms with E-state index in [-0.39, 0.29) is 24.0 Å². The van der Waals surface area contributed by atoms with E-state index < -0.39 is 24.3 Å². The zero-order valence-electron chi connectivity index (χ0n) is 21.5. The van der Waals surface area contributed by atoms with Gasteiger partial charge in [0.1, 0.15) is 6.10 Å². The molecule has 2 aliphatic heterocycles. The van der Waals surface area contributed by atoms with E-state index in [1.54, 1.807) is 35.4 Å². The van der Waals surface area contributed by atoms with E-state index in [9.17, 15) is 5.11 Å². The molecule has 3 heterocycles. The number of nitrogens with zero attached hydrogens (tertiary/aromatic N) is 6. The molecule has 0 saturated heterocycles. The van der Waals surface area contributed by atoms with Crippen LogP contribution >= 0.6 is 0 Å². The second-order valence-corrected chi connectivity index (χ2v) is 8.95. The highest BCUT2D eigenvalue weighted by atomic mass is 19.1. The third kappa shape index (κ3) is 5.45. The zero-order valence-corrected chi connectivity index (χ0v) is 21.5. The first-order valence-corrected chi connectivity index (χ1v) is 12.2. The Morgan fingerprint density at radius 3 is 2.92 bits per heavy atom. The normalized spacial score (nSPS) is 25.7. The molecule has 2 N–H and O–H groups in total. The van der Waals surface area contributed by atoms with E-state index in [2.05, 4.69) is 32.2 Å². The molecular weight excluding hydrogens is 508 g/mol. The van der Waals surface area contributed by atoms with Crippen molar-refractivity contribution in [2.45, 2.75) is 31.0 Å². The number of ether oxygens (including phenoxy) is 2. The number of aliphatic hydroxyl groups excluding tert-OH is 1. The molecule has 0 fully saturated rings. The predicted octanol–water partition coefficient (Wildman–Crippen LogP) is 2.05. The molecule has 4 unspecified atom stereocenters. The minimum Gasteiger partial charge on any atom is -0.494 e. The molecule has 39 heavy (non-hydrogen) atoms. The van der Waals surface area contributed by atoms with Gasteiger partial charge in [0.15, 0.2) is 29.8 Å². The molecular formula is C27H27F2N7O3. The van der Waals surface area contributed by atoms with Gasteiger partial charge in [0, 0.05) is 44.0 Å². The standard InChI is InChI=1S/C27H27F2N7O3/c1-35-15-16(13-32-35)20-14-31-18-7-6-17(11-19(18)33-20)36(10-4-5-23-30-9-8-24(34-23)39-3)27-25(28)21(37)12-22(38-2)26(27)29/h6,8-9,11-15,18,21,24-25,37H,7,10H2,1-3H3,(H,30,34). The van der Waals surface area contributed by atoms with Gasteiger partial charge in [-0.1, -0.05) is 12.0 Å². The minimum atomic E-state index is -2.05. The highest BCUT2D eigenvalue weighted by Gasteiger charge is 2.37. The first-order chi connectivity index (χ1) is 18.9. The average Bonchev–Trinajstić information content (AvgIpc) is 3.40. The number of aliphatic hydroxyl groups is 1. The molecule has 1 aromatic heterocycles. The molecule has 10 nitrogen and oxygen atoms in total. The van der Waals surface area contributed by atoms with Crippen LogP contribution in [-0.4, -0.2) is 82.9 Å². The second-order valence-electron chi connectivity index (χ2n) is 8.95. The summed E-state index contributed by atoms with van der Waals surface area (Å²) in [6, 6.07) is -0.230. The summed E-state index contributed by atoms with van der Waals surface area (Å²) in [5, 5.41) is 17.4. The van der Waals surface area contributed by atoms with Crippen molar-refractivity contribution in [2.24, 2.45) is 22.0 Å². The van der Waals surface area contributed by atoms with Crippen LogP contribution in [0, 0.1) is 11.8 Å². The van der Waals surface area contributed by atoms with Gasteiger partial charge in [-0.05, 0) is 30.6 Å². The molecule has 2 aliphatic carbocycles. The quantitative estimate of drug-likeness (QED) is 0.540. The Balaban J connectivity index is 1.51. The van der Waals surface area contributed by atoms with Gasteiger partial charge >= 0.3 is 0 Å². The number of aryl methyl sites for hydroxylation is 1. The Hall–Kier alpha value is -4.34. The van der Waals surface area contributed by atoms with Gasteiger partial charge in [0.2, 0.25) is 0 Å². The highest BCUT2D eigenvalue weighted by Crippen LogP contribution is 2.36. The number of fused-ring (bicyclic) bond motifs is 1. The van der Waals surface area contributed by atoms with Gasteiger partial charge in [-0.3, -0.25) is 9.67 Å². The maximum absolute atomic E-state index is 15.5. The lowest BCUT2D eigenvalue weighted by atomic mass is 9.98. The number of aliphatic imine (C=N–C) groups is 3. The van der Waals surface area contributed by atoms with E-state index in [0.29, 0.717) is 29.4 Å². The fourth-order valence-corrected chi connectivity index (χ4v) is 4.39. The highest BCUT2D eigenvalue weighted by molar-refractivity contribution is 6.38. The van der Waals surface area contributed by atoms with Crippen molar-refractivity contribution >= 4 is 17.8 Å². The lowest BCUT2D eigenvalue weighted by molar-refractivity contribution is 0.104. The number of hydrogen-bond acceptors (Lipinski definition) is 9. The summed E-state index contributed by atoms with van der Waals surface area (Å²) in [5.74, 6) is 4.98. The number of nitrogens with one attached hydrogen (secondary N) is 1. The van der Waals surface area contributed by atoms with E-state index in [0.717, 1.165) is 11.6 Å². The van der Waals surface area contributed by atoms with Crippen LogP contribution in [0.2, 0.25) is 0 Å². The van der Waals surface area contributed by atoms with Crippen molar-refractivity contribution < 1.29 is 23.4 Å². The summed E-state index contributed by atoms with van der Waals surface area (Å²) in [6.07, 6.45) is 9.49. The molecule has 1 aromatic rings. The summed E-state index contributed by atoms with van der Waals surface area (Å²) in [6.45, 7) is -0.113. The summed E-state index contributed by atoms with van der Waals surface area (Å²) in [4.78, 5) is 15.0. The maximum atomic E-state index is 15.5. The van der Waals surface area contributed by atoms with Crippen molar-refractivity contribution in [2.75, 3.05) is 20.8 Å². The summed E-state index contributed by atoms with van der Waals surface area (Å²) >= 11 is 0. The number of alkyl halides is 1. The van der Waals surface area contributed by atoms with Crippen molar-refractivity contribution in [1.82, 2.24) is 20.0 Å². The van der Waals surface area contributed by atoms with E-state index in [1.807, 2.05) is 19.3 Å². The number of amidine groups is 1. The summed E-state index contributed by atoms with van der Waals surface area (Å²) in [7, 11) is 4.59. The van der Waals surface area contributed by atoms with Crippen molar-refractivity contribution in [3.8, 4) is 11.8 Å². The first kappa shape index (κ1) is 26.3. The first-order valence-electron chi connectivity index (χ1n) is 12.2. The molecule has 0 aromatic carbocycles. The number of rotatable bonds is 6. The number of aromatic nitrogens is 2. The Kier molecular flexibility index (Phi) is 7.53. The minimum absolute atomic E-state index is 0.113. The number of allylic oxidation sites excluding steroid dienone is 2. The Bertz CT molecular complexity index is 1450. The monoisotopic (exact) mass is 535 g/mol. The lowest BCUT2D eigenvalue weighted by Gasteiger charge is -2.34. The van der Waals surface area contributed by atoms with Crippen molar-refractivity contribution in [3.63, 3.8) is 0 Å². The molecule has 0 spiro atoms. The van der Waals surface area contributed by atoms with Gasteiger partial charge in [0.25, 0.3) is 0 Å². The largest absolute Gasteiger partial charge is 0.494 e. The topological polar surface area (TPSA) is 109 Å². The smallest absolute Gasteiger partial charge is 0.187 e. The van der Waals surface area contributed by atoms with Crippen molar-refractivity contribution in [1.29, 1.82) is 0 Å². The van der Waals surface area contributed by atoms with Crippen LogP contribution in [0.25, 0.3) is 0 Å². The molecule has 0 bridgehead atoms. The van der Waals surface area contributed by atoms with Crippen LogP contribution in [0.3, 0.4) is 0 Å². The fraction of sp³-hybridized carbons (Fsp3) is 0.333. The molecule has 12 heteroatoms. The van der Waals surface area contributed by atoms with Crippen LogP contribution in [0.1, 0.15) is 12.0 Å². The van der Waals surface area contributed by atoms with Crippen LogP contribution in [0.15, 0.2) is 86.6 Å². The molecule has 202 valence electrons. The van der Waals surface area contributed by atoms with E-state index in [1.165, 1.54) is 19.1 Å². The summed E-state index contributed by atoms with van der Waals surface area (Å²) < 4.78 is 42.9. The molecule has 0 amide bonds. The van der Waals surface area contributed by atoms with E-state index in [4.69, 9.17) is 14.5 Å². The average molecular weight is 536 g/mol. The van der Waals surface area contributed by atoms with Crippen LogP contribution in [0.4, 0.5) is 8.78 Å². The molecule has 4 aliphatic rings. The van der Waals surface area contributed by atoms with Gasteiger partial charge in [-0.15, -0.1) is 0 Å². The van der Waals surface area contributed by atoms with Gasteiger partial charge in [0.05, 0.1) is 43.0 Å². The number of methoxy groups -OCH3 is 2. The van der Waals surface area contributed by atoms with Crippen molar-refractivity contribution in [3.05, 3.63) is 77.1 Å². The third-order valence-electron chi connectivity index (χ3n) is 6.38. The second kappa shape index (κ2) is 11.2. The van der Waals surface area contributed by atoms with Gasteiger partial charge in [-0.25, -0.2) is 18.8 Å². The van der Waals surface area contributed by atoms with Crippen LogP contribution in [0.5, 0.6) is 0 Å². The Morgan fingerprint density at radius 1 is 1.33 bits per heavy atom. The Labute approximate surface area is 224 Å². The Morgan fingerprint density at radius 2 is 2.18 bits per heavy atom. The van der Waals surface area contributed by atoms with Crippen LogP contribution < -0.4 is 5.32 Å². The van der Waals surface area contributed by atoms with E-state index >= 15 is 8.78 Å². The number of halogens is 2. The molecule has 5 rings (SSSR count). The molecule has 0 radical (unpaired) electrons. The SMILES string of the molecule is COC1=CC(O)C(F)C(N(CC#CC2=NC(OC)C=CN2)C2=CCC3N=CC(c4cnn(C)c4)=NC3=C2)=C1F. The molecule has 4 atom stereocenters. The maximum Gasteiger partial charge on any atom is 0.187 e.